The summed E-state index contributed by atoms with van der Waals surface area (Å²) in [6.07, 6.45) is 3.69. The van der Waals surface area contributed by atoms with Crippen LogP contribution >= 0.6 is 22.6 Å². The van der Waals surface area contributed by atoms with E-state index in [1.807, 2.05) is 32.9 Å². The largest absolute Gasteiger partial charge is 0.489 e. The SMILES string of the molecule is C=C(C)/C(C)=C(\C=C/C)OC[C@](C)(F)I. The minimum absolute atomic E-state index is 0.0395. The van der Waals surface area contributed by atoms with E-state index in [0.717, 1.165) is 11.1 Å². The second-order valence-electron chi connectivity index (χ2n) is 3.63. The van der Waals surface area contributed by atoms with Gasteiger partial charge in [-0.2, -0.15) is 0 Å². The topological polar surface area (TPSA) is 9.23 Å². The lowest BCUT2D eigenvalue weighted by Crippen LogP contribution is -2.16. The van der Waals surface area contributed by atoms with Crippen molar-refractivity contribution < 1.29 is 9.13 Å². The van der Waals surface area contributed by atoms with E-state index in [1.165, 1.54) is 6.92 Å². The zero-order valence-corrected chi connectivity index (χ0v) is 11.9. The molecular weight excluding hydrogens is 306 g/mol. The predicted octanol–water partition coefficient (Wildman–Crippen LogP) is 4.55. The third kappa shape index (κ3) is 6.71. The first-order chi connectivity index (χ1) is 6.78. The molecule has 0 aromatic rings. The van der Waals surface area contributed by atoms with Crippen LogP contribution in [0.3, 0.4) is 0 Å². The van der Waals surface area contributed by atoms with Gasteiger partial charge in [0.15, 0.2) is 3.68 Å². The van der Waals surface area contributed by atoms with Crippen molar-refractivity contribution in [2.24, 2.45) is 0 Å². The summed E-state index contributed by atoms with van der Waals surface area (Å²) in [6, 6.07) is 0. The number of hydrogen-bond donors (Lipinski definition) is 0. The molecule has 0 rings (SSSR count). The molecule has 0 amide bonds. The van der Waals surface area contributed by atoms with Crippen molar-refractivity contribution in [2.75, 3.05) is 6.61 Å². The fourth-order valence-electron chi connectivity index (χ4n) is 0.848. The lowest BCUT2D eigenvalue weighted by Gasteiger charge is -2.16. The van der Waals surface area contributed by atoms with Gasteiger partial charge >= 0.3 is 0 Å². The van der Waals surface area contributed by atoms with Crippen LogP contribution in [0, 0.1) is 0 Å². The summed E-state index contributed by atoms with van der Waals surface area (Å²) in [5.41, 5.74) is 1.88. The van der Waals surface area contributed by atoms with Crippen LogP contribution in [-0.2, 0) is 4.74 Å². The first-order valence-electron chi connectivity index (χ1n) is 4.78. The van der Waals surface area contributed by atoms with Crippen molar-refractivity contribution in [1.29, 1.82) is 0 Å². The molecule has 0 unspecified atom stereocenters. The number of hydrogen-bond acceptors (Lipinski definition) is 1. The molecule has 86 valence electrons. The summed E-state index contributed by atoms with van der Waals surface area (Å²) in [7, 11) is 0. The number of ether oxygens (including phenoxy) is 1. The van der Waals surface area contributed by atoms with E-state index in [4.69, 9.17) is 4.74 Å². The molecule has 1 nitrogen and oxygen atoms in total. The molecule has 0 heterocycles. The van der Waals surface area contributed by atoms with Crippen molar-refractivity contribution in [3.8, 4) is 0 Å². The quantitative estimate of drug-likeness (QED) is 0.312. The standard InChI is InChI=1S/C12H18FIO/c1-6-7-11(10(4)9(2)3)15-8-12(5,13)14/h6-7H,2,8H2,1,3-5H3/b7-6-,11-10+/t12-/m1/s1. The van der Waals surface area contributed by atoms with E-state index in [1.54, 1.807) is 22.6 Å². The Balaban J connectivity index is 4.70. The summed E-state index contributed by atoms with van der Waals surface area (Å²) in [5.74, 6) is 0.686. The molecule has 15 heavy (non-hydrogen) atoms. The van der Waals surface area contributed by atoms with Gasteiger partial charge in [0.25, 0.3) is 0 Å². The molecular formula is C12H18FIO. The summed E-state index contributed by atoms with van der Waals surface area (Å²) in [5, 5.41) is 0. The van der Waals surface area contributed by atoms with Crippen LogP contribution in [0.5, 0.6) is 0 Å². The van der Waals surface area contributed by atoms with Gasteiger partial charge in [-0.1, -0.05) is 18.2 Å². The molecule has 0 saturated heterocycles. The molecule has 0 bridgehead atoms. The van der Waals surface area contributed by atoms with Gasteiger partial charge in [-0.3, -0.25) is 0 Å². The average Bonchev–Trinajstić information content (AvgIpc) is 2.09. The molecule has 0 aromatic heterocycles. The maximum Gasteiger partial charge on any atom is 0.192 e. The Bertz CT molecular complexity index is 284. The van der Waals surface area contributed by atoms with Gasteiger partial charge in [-0.05, 0) is 61.9 Å². The van der Waals surface area contributed by atoms with E-state index in [9.17, 15) is 4.39 Å². The summed E-state index contributed by atoms with van der Waals surface area (Å²) in [4.78, 5) is 0. The highest BCUT2D eigenvalue weighted by atomic mass is 127. The first kappa shape index (κ1) is 14.7. The Hall–Kier alpha value is -0.320. The zero-order valence-electron chi connectivity index (χ0n) is 9.73. The molecule has 0 N–H and O–H groups in total. The van der Waals surface area contributed by atoms with Crippen LogP contribution in [0.1, 0.15) is 27.7 Å². The lowest BCUT2D eigenvalue weighted by molar-refractivity contribution is 0.140. The van der Waals surface area contributed by atoms with E-state index >= 15 is 0 Å². The molecule has 0 fully saturated rings. The Labute approximate surface area is 105 Å². The van der Waals surface area contributed by atoms with E-state index in [2.05, 4.69) is 6.58 Å². The van der Waals surface area contributed by atoms with Crippen LogP contribution in [-0.4, -0.2) is 10.3 Å². The van der Waals surface area contributed by atoms with E-state index < -0.39 is 3.68 Å². The van der Waals surface area contributed by atoms with Crippen molar-refractivity contribution in [3.05, 3.63) is 35.6 Å². The first-order valence-corrected chi connectivity index (χ1v) is 5.86. The van der Waals surface area contributed by atoms with Crippen LogP contribution in [0.4, 0.5) is 4.39 Å². The molecule has 3 heteroatoms. The van der Waals surface area contributed by atoms with Gasteiger partial charge in [-0.25, -0.2) is 4.39 Å². The van der Waals surface area contributed by atoms with Crippen molar-refractivity contribution in [1.82, 2.24) is 0 Å². The van der Waals surface area contributed by atoms with Gasteiger partial charge in [0, 0.05) is 0 Å². The highest BCUT2D eigenvalue weighted by molar-refractivity contribution is 14.1. The third-order valence-electron chi connectivity index (χ3n) is 1.81. The number of allylic oxidation sites excluding steroid dienone is 4. The summed E-state index contributed by atoms with van der Waals surface area (Å²) < 4.78 is 17.3. The lowest BCUT2D eigenvalue weighted by atomic mass is 10.1. The van der Waals surface area contributed by atoms with Crippen molar-refractivity contribution in [3.63, 3.8) is 0 Å². The molecule has 0 saturated carbocycles. The monoisotopic (exact) mass is 324 g/mol. The number of rotatable bonds is 5. The van der Waals surface area contributed by atoms with Gasteiger partial charge in [-0.15, -0.1) is 0 Å². The van der Waals surface area contributed by atoms with Gasteiger partial charge in [0.1, 0.15) is 12.4 Å². The Kier molecular flexibility index (Phi) is 6.17. The smallest absolute Gasteiger partial charge is 0.192 e. The van der Waals surface area contributed by atoms with Crippen LogP contribution in [0.25, 0.3) is 0 Å². The van der Waals surface area contributed by atoms with Gasteiger partial charge < -0.3 is 4.74 Å². The molecule has 0 aromatic carbocycles. The molecule has 0 aliphatic rings. The fourth-order valence-corrected chi connectivity index (χ4v) is 1.00. The summed E-state index contributed by atoms with van der Waals surface area (Å²) >= 11 is 1.72. The molecule has 0 aliphatic heterocycles. The second-order valence-corrected chi connectivity index (χ2v) is 5.88. The normalized spacial score (nSPS) is 17.2. The van der Waals surface area contributed by atoms with E-state index in [0.29, 0.717) is 5.76 Å². The molecule has 1 atom stereocenters. The maximum atomic E-state index is 13.2. The number of alkyl halides is 2. The minimum atomic E-state index is -1.35. The highest BCUT2D eigenvalue weighted by Crippen LogP contribution is 2.23. The van der Waals surface area contributed by atoms with Gasteiger partial charge in [0.05, 0.1) is 0 Å². The van der Waals surface area contributed by atoms with Crippen molar-refractivity contribution >= 4 is 22.6 Å². The minimum Gasteiger partial charge on any atom is -0.489 e. The molecule has 0 spiro atoms. The Morgan fingerprint density at radius 2 is 2.07 bits per heavy atom. The molecule has 0 radical (unpaired) electrons. The van der Waals surface area contributed by atoms with Gasteiger partial charge in [0.2, 0.25) is 0 Å². The average molecular weight is 324 g/mol. The van der Waals surface area contributed by atoms with E-state index in [-0.39, 0.29) is 6.61 Å². The summed E-state index contributed by atoms with van der Waals surface area (Å²) in [6.45, 7) is 11.1. The number of halogens is 2. The third-order valence-corrected chi connectivity index (χ3v) is 2.12. The molecule has 0 aliphatic carbocycles. The fraction of sp³-hybridized carbons (Fsp3) is 0.500. The zero-order chi connectivity index (χ0) is 12.1. The van der Waals surface area contributed by atoms with Crippen LogP contribution in [0.2, 0.25) is 0 Å². The van der Waals surface area contributed by atoms with Crippen LogP contribution in [0.15, 0.2) is 35.6 Å². The Morgan fingerprint density at radius 3 is 2.40 bits per heavy atom. The Morgan fingerprint density at radius 1 is 1.53 bits per heavy atom. The van der Waals surface area contributed by atoms with Crippen molar-refractivity contribution in [2.45, 2.75) is 31.4 Å². The highest BCUT2D eigenvalue weighted by Gasteiger charge is 2.19. The maximum absolute atomic E-state index is 13.2. The predicted molar refractivity (Wildman–Crippen MR) is 71.8 cm³/mol. The van der Waals surface area contributed by atoms with Crippen LogP contribution < -0.4 is 0 Å². The second kappa shape index (κ2) is 6.30.